The molecule has 2 amide bonds. The second kappa shape index (κ2) is 5.36. The first-order valence-electron chi connectivity index (χ1n) is 6.80. The SMILES string of the molecule is Cc1cc([C@@H]2CCCN2C(=O)Nc2ccccc2)on1. The minimum Gasteiger partial charge on any atom is -0.359 e. The molecule has 0 aliphatic carbocycles. The highest BCUT2D eigenvalue weighted by Crippen LogP contribution is 2.32. The Morgan fingerprint density at radius 1 is 1.40 bits per heavy atom. The molecule has 5 nitrogen and oxygen atoms in total. The van der Waals surface area contributed by atoms with Gasteiger partial charge >= 0.3 is 6.03 Å². The third kappa shape index (κ3) is 2.52. The van der Waals surface area contributed by atoms with Crippen LogP contribution in [0.3, 0.4) is 0 Å². The number of hydrogen-bond donors (Lipinski definition) is 1. The molecule has 1 aromatic carbocycles. The van der Waals surface area contributed by atoms with Crippen LogP contribution in [0.2, 0.25) is 0 Å². The second-order valence-electron chi connectivity index (χ2n) is 5.02. The zero-order valence-electron chi connectivity index (χ0n) is 11.4. The minimum absolute atomic E-state index is 0.0140. The first-order chi connectivity index (χ1) is 9.74. The summed E-state index contributed by atoms with van der Waals surface area (Å²) in [5.41, 5.74) is 1.65. The average Bonchev–Trinajstić information content (AvgIpc) is 3.08. The molecule has 0 radical (unpaired) electrons. The van der Waals surface area contributed by atoms with Crippen molar-refractivity contribution in [3.63, 3.8) is 0 Å². The molecule has 20 heavy (non-hydrogen) atoms. The van der Waals surface area contributed by atoms with Gasteiger partial charge in [0.05, 0.1) is 11.7 Å². The van der Waals surface area contributed by atoms with Crippen molar-refractivity contribution in [1.82, 2.24) is 10.1 Å². The smallest absolute Gasteiger partial charge is 0.322 e. The Morgan fingerprint density at radius 2 is 2.20 bits per heavy atom. The van der Waals surface area contributed by atoms with Gasteiger partial charge in [-0.1, -0.05) is 23.4 Å². The van der Waals surface area contributed by atoms with E-state index in [0.29, 0.717) is 0 Å². The average molecular weight is 271 g/mol. The number of nitrogens with zero attached hydrogens (tertiary/aromatic N) is 2. The fourth-order valence-electron chi connectivity index (χ4n) is 2.56. The predicted octanol–water partition coefficient (Wildman–Crippen LogP) is 3.35. The largest absolute Gasteiger partial charge is 0.359 e. The highest BCUT2D eigenvalue weighted by molar-refractivity contribution is 5.89. The Hall–Kier alpha value is -2.30. The molecule has 5 heteroatoms. The van der Waals surface area contributed by atoms with Crippen molar-refractivity contribution in [3.8, 4) is 0 Å². The summed E-state index contributed by atoms with van der Waals surface area (Å²) in [6.45, 7) is 2.62. The van der Waals surface area contributed by atoms with E-state index in [1.54, 1.807) is 0 Å². The number of rotatable bonds is 2. The van der Waals surface area contributed by atoms with Gasteiger partial charge in [0, 0.05) is 18.3 Å². The topological polar surface area (TPSA) is 58.4 Å². The summed E-state index contributed by atoms with van der Waals surface area (Å²) in [5.74, 6) is 0.767. The van der Waals surface area contributed by atoms with Gasteiger partial charge < -0.3 is 14.7 Å². The van der Waals surface area contributed by atoms with E-state index in [2.05, 4.69) is 10.5 Å². The molecule has 1 saturated heterocycles. The molecule has 0 spiro atoms. The number of carbonyl (C=O) groups excluding carboxylic acids is 1. The number of hydrogen-bond acceptors (Lipinski definition) is 3. The summed E-state index contributed by atoms with van der Waals surface area (Å²) >= 11 is 0. The zero-order valence-corrected chi connectivity index (χ0v) is 11.4. The zero-order chi connectivity index (χ0) is 13.9. The van der Waals surface area contributed by atoms with Gasteiger partial charge in [-0.05, 0) is 31.9 Å². The van der Waals surface area contributed by atoms with Crippen LogP contribution in [0.4, 0.5) is 10.5 Å². The molecule has 0 bridgehead atoms. The van der Waals surface area contributed by atoms with Crippen LogP contribution in [0.25, 0.3) is 0 Å². The van der Waals surface area contributed by atoms with Crippen LogP contribution in [0.5, 0.6) is 0 Å². The van der Waals surface area contributed by atoms with E-state index in [-0.39, 0.29) is 12.1 Å². The van der Waals surface area contributed by atoms with Crippen LogP contribution in [0, 0.1) is 6.92 Å². The third-order valence-corrected chi connectivity index (χ3v) is 3.51. The van der Waals surface area contributed by atoms with Crippen molar-refractivity contribution >= 4 is 11.7 Å². The van der Waals surface area contributed by atoms with E-state index in [1.165, 1.54) is 0 Å². The van der Waals surface area contributed by atoms with Crippen LogP contribution in [0.1, 0.15) is 30.3 Å². The Bertz CT molecular complexity index is 594. The van der Waals surface area contributed by atoms with Gasteiger partial charge in [-0.3, -0.25) is 0 Å². The van der Waals surface area contributed by atoms with E-state index in [9.17, 15) is 4.79 Å². The molecule has 1 aromatic heterocycles. The van der Waals surface area contributed by atoms with E-state index in [1.807, 2.05) is 48.2 Å². The highest BCUT2D eigenvalue weighted by atomic mass is 16.5. The lowest BCUT2D eigenvalue weighted by Crippen LogP contribution is -2.34. The van der Waals surface area contributed by atoms with Gasteiger partial charge in [0.2, 0.25) is 0 Å². The van der Waals surface area contributed by atoms with Crippen LogP contribution in [0.15, 0.2) is 40.9 Å². The van der Waals surface area contributed by atoms with Gasteiger partial charge in [0.1, 0.15) is 0 Å². The summed E-state index contributed by atoms with van der Waals surface area (Å²) in [6.07, 6.45) is 1.89. The highest BCUT2D eigenvalue weighted by Gasteiger charge is 2.32. The number of amides is 2. The van der Waals surface area contributed by atoms with Crippen molar-refractivity contribution < 1.29 is 9.32 Å². The molecule has 0 saturated carbocycles. The van der Waals surface area contributed by atoms with Crippen LogP contribution in [-0.4, -0.2) is 22.6 Å². The lowest BCUT2D eigenvalue weighted by Gasteiger charge is -2.23. The fraction of sp³-hybridized carbons (Fsp3) is 0.333. The van der Waals surface area contributed by atoms with Crippen molar-refractivity contribution in [3.05, 3.63) is 47.9 Å². The molecule has 104 valence electrons. The van der Waals surface area contributed by atoms with Crippen LogP contribution in [-0.2, 0) is 0 Å². The number of anilines is 1. The van der Waals surface area contributed by atoms with Crippen molar-refractivity contribution in [1.29, 1.82) is 0 Å². The van der Waals surface area contributed by atoms with E-state index >= 15 is 0 Å². The van der Waals surface area contributed by atoms with E-state index < -0.39 is 0 Å². The number of carbonyl (C=O) groups is 1. The number of aromatic nitrogens is 1. The lowest BCUT2D eigenvalue weighted by molar-refractivity contribution is 0.195. The maximum absolute atomic E-state index is 12.4. The van der Waals surface area contributed by atoms with Gasteiger partial charge in [0.25, 0.3) is 0 Å². The van der Waals surface area contributed by atoms with Crippen molar-refractivity contribution in [2.45, 2.75) is 25.8 Å². The van der Waals surface area contributed by atoms with Gasteiger partial charge in [-0.15, -0.1) is 0 Å². The summed E-state index contributed by atoms with van der Waals surface area (Å²) in [5, 5.41) is 6.82. The molecule has 2 aromatic rings. The van der Waals surface area contributed by atoms with Crippen molar-refractivity contribution in [2.24, 2.45) is 0 Å². The summed E-state index contributed by atoms with van der Waals surface area (Å²) in [4.78, 5) is 14.2. The summed E-state index contributed by atoms with van der Waals surface area (Å²) < 4.78 is 5.31. The molecular formula is C15H17N3O2. The second-order valence-corrected chi connectivity index (χ2v) is 5.02. The van der Waals surface area contributed by atoms with Gasteiger partial charge in [0.15, 0.2) is 5.76 Å². The van der Waals surface area contributed by atoms with Crippen molar-refractivity contribution in [2.75, 3.05) is 11.9 Å². The van der Waals surface area contributed by atoms with E-state index in [0.717, 1.165) is 36.5 Å². The molecule has 1 aliphatic rings. The van der Waals surface area contributed by atoms with Crippen LogP contribution >= 0.6 is 0 Å². The Balaban J connectivity index is 1.73. The van der Waals surface area contributed by atoms with E-state index in [4.69, 9.17) is 4.52 Å². The Morgan fingerprint density at radius 3 is 2.90 bits per heavy atom. The maximum atomic E-state index is 12.4. The number of likely N-dealkylation sites (tertiary alicyclic amines) is 1. The lowest BCUT2D eigenvalue weighted by atomic mass is 10.1. The molecule has 3 rings (SSSR count). The Labute approximate surface area is 117 Å². The molecule has 1 fully saturated rings. The Kier molecular flexibility index (Phi) is 3.41. The third-order valence-electron chi connectivity index (χ3n) is 3.51. The molecule has 2 heterocycles. The minimum atomic E-state index is -0.0900. The number of para-hydroxylation sites is 1. The number of benzene rings is 1. The molecule has 1 aliphatic heterocycles. The first kappa shape index (κ1) is 12.7. The van der Waals surface area contributed by atoms with Gasteiger partial charge in [-0.25, -0.2) is 4.79 Å². The summed E-state index contributed by atoms with van der Waals surface area (Å²) in [6, 6.07) is 11.3. The summed E-state index contributed by atoms with van der Waals surface area (Å²) in [7, 11) is 0. The fourth-order valence-corrected chi connectivity index (χ4v) is 2.56. The monoisotopic (exact) mass is 271 g/mol. The predicted molar refractivity (Wildman–Crippen MR) is 75.4 cm³/mol. The molecule has 0 unspecified atom stereocenters. The standard InChI is InChI=1S/C15H17N3O2/c1-11-10-14(20-17-11)13-8-5-9-18(13)15(19)16-12-6-3-2-4-7-12/h2-4,6-7,10,13H,5,8-9H2,1H3,(H,16,19)/t13-/m0/s1. The maximum Gasteiger partial charge on any atom is 0.322 e. The number of aryl methyl sites for hydroxylation is 1. The number of urea groups is 1. The van der Waals surface area contributed by atoms with Crippen LogP contribution < -0.4 is 5.32 Å². The normalized spacial score (nSPS) is 18.2. The molecular weight excluding hydrogens is 254 g/mol. The first-order valence-corrected chi connectivity index (χ1v) is 6.80. The molecule has 1 atom stereocenters. The van der Waals surface area contributed by atoms with Gasteiger partial charge in [-0.2, -0.15) is 0 Å². The quantitative estimate of drug-likeness (QED) is 0.911. The number of nitrogens with one attached hydrogen (secondary N) is 1. The molecule has 1 N–H and O–H groups in total.